The van der Waals surface area contributed by atoms with Gasteiger partial charge in [-0.05, 0) is 44.5 Å². The molecule has 3 heteroatoms. The fourth-order valence-electron chi connectivity index (χ4n) is 2.46. The highest BCUT2D eigenvalue weighted by Gasteiger charge is 2.20. The lowest BCUT2D eigenvalue weighted by molar-refractivity contribution is 0.187. The summed E-state index contributed by atoms with van der Waals surface area (Å²) in [6.45, 7) is 4.37. The van der Waals surface area contributed by atoms with E-state index < -0.39 is 0 Å². The molecule has 94 valence electrons. The molecule has 0 radical (unpaired) electrons. The molecule has 3 nitrogen and oxygen atoms in total. The number of pyridine rings is 1. The number of nitrogens with one attached hydrogen (secondary N) is 1. The van der Waals surface area contributed by atoms with Crippen LogP contribution in [0.3, 0.4) is 0 Å². The molecule has 1 N–H and O–H groups in total. The van der Waals surface area contributed by atoms with Crippen LogP contribution in [-0.4, -0.2) is 30.0 Å². The second-order valence-electron chi connectivity index (χ2n) is 4.90. The summed E-state index contributed by atoms with van der Waals surface area (Å²) in [6.07, 6.45) is 7.10. The van der Waals surface area contributed by atoms with Crippen molar-refractivity contribution >= 4 is 5.82 Å². The van der Waals surface area contributed by atoms with Crippen LogP contribution in [0.5, 0.6) is 0 Å². The largest absolute Gasteiger partial charge is 0.370 e. The summed E-state index contributed by atoms with van der Waals surface area (Å²) >= 11 is 0. The van der Waals surface area contributed by atoms with Gasteiger partial charge in [-0.25, -0.2) is 4.98 Å². The van der Waals surface area contributed by atoms with Crippen molar-refractivity contribution < 1.29 is 0 Å². The summed E-state index contributed by atoms with van der Waals surface area (Å²) in [6, 6.07) is 4.89. The number of hydrogen-bond donors (Lipinski definition) is 1. The minimum Gasteiger partial charge on any atom is -0.370 e. The first kappa shape index (κ1) is 12.4. The van der Waals surface area contributed by atoms with Crippen LogP contribution in [0.15, 0.2) is 18.3 Å². The molecule has 1 aliphatic rings. The average molecular weight is 233 g/mol. The lowest BCUT2D eigenvalue weighted by Gasteiger charge is -2.32. The van der Waals surface area contributed by atoms with Crippen molar-refractivity contribution in [3.63, 3.8) is 0 Å². The van der Waals surface area contributed by atoms with Crippen molar-refractivity contribution in [3.05, 3.63) is 23.9 Å². The number of aromatic nitrogens is 1. The van der Waals surface area contributed by atoms with E-state index in [1.54, 1.807) is 0 Å². The number of piperidine rings is 1. The zero-order valence-electron chi connectivity index (χ0n) is 10.9. The van der Waals surface area contributed by atoms with Gasteiger partial charge < -0.3 is 5.32 Å². The SMILES string of the molecule is CCCNc1ccc([C@H]2CCCCN2C)cn1. The second-order valence-corrected chi connectivity index (χ2v) is 4.90. The highest BCUT2D eigenvalue weighted by molar-refractivity contribution is 5.36. The van der Waals surface area contributed by atoms with Gasteiger partial charge in [-0.1, -0.05) is 19.4 Å². The Balaban J connectivity index is 2.01. The topological polar surface area (TPSA) is 28.2 Å². The molecule has 0 bridgehead atoms. The van der Waals surface area contributed by atoms with Gasteiger partial charge in [0.15, 0.2) is 0 Å². The molecule has 0 spiro atoms. The molecular weight excluding hydrogens is 210 g/mol. The van der Waals surface area contributed by atoms with Gasteiger partial charge in [-0.2, -0.15) is 0 Å². The fraction of sp³-hybridized carbons (Fsp3) is 0.643. The molecular formula is C14H23N3. The van der Waals surface area contributed by atoms with Gasteiger partial charge in [-0.15, -0.1) is 0 Å². The van der Waals surface area contributed by atoms with Crippen LogP contribution in [0, 0.1) is 0 Å². The summed E-state index contributed by atoms with van der Waals surface area (Å²) < 4.78 is 0. The molecule has 0 unspecified atom stereocenters. The van der Waals surface area contributed by atoms with Gasteiger partial charge in [0, 0.05) is 18.8 Å². The first-order chi connectivity index (χ1) is 8.31. The monoisotopic (exact) mass is 233 g/mol. The highest BCUT2D eigenvalue weighted by atomic mass is 15.1. The summed E-state index contributed by atoms with van der Waals surface area (Å²) in [5.41, 5.74) is 1.36. The van der Waals surface area contributed by atoms with E-state index in [2.05, 4.69) is 41.3 Å². The van der Waals surface area contributed by atoms with E-state index in [0.29, 0.717) is 6.04 Å². The zero-order chi connectivity index (χ0) is 12.1. The fourth-order valence-corrected chi connectivity index (χ4v) is 2.46. The third-order valence-electron chi connectivity index (χ3n) is 3.50. The maximum absolute atomic E-state index is 4.49. The van der Waals surface area contributed by atoms with Crippen molar-refractivity contribution in [2.75, 3.05) is 25.5 Å². The average Bonchev–Trinajstić information content (AvgIpc) is 2.38. The Kier molecular flexibility index (Phi) is 4.37. The number of likely N-dealkylation sites (tertiary alicyclic amines) is 1. The van der Waals surface area contributed by atoms with E-state index in [9.17, 15) is 0 Å². The van der Waals surface area contributed by atoms with Gasteiger partial charge in [0.2, 0.25) is 0 Å². The van der Waals surface area contributed by atoms with Crippen molar-refractivity contribution in [3.8, 4) is 0 Å². The van der Waals surface area contributed by atoms with E-state index in [-0.39, 0.29) is 0 Å². The maximum Gasteiger partial charge on any atom is 0.125 e. The van der Waals surface area contributed by atoms with Gasteiger partial charge in [0.25, 0.3) is 0 Å². The molecule has 1 fully saturated rings. The molecule has 1 saturated heterocycles. The quantitative estimate of drug-likeness (QED) is 0.866. The smallest absolute Gasteiger partial charge is 0.125 e. The summed E-state index contributed by atoms with van der Waals surface area (Å²) in [4.78, 5) is 6.93. The molecule has 2 rings (SSSR count). The van der Waals surface area contributed by atoms with Crippen molar-refractivity contribution in [1.82, 2.24) is 9.88 Å². The van der Waals surface area contributed by atoms with E-state index in [1.807, 2.05) is 6.20 Å². The second kappa shape index (κ2) is 6.01. The van der Waals surface area contributed by atoms with Gasteiger partial charge >= 0.3 is 0 Å². The van der Waals surface area contributed by atoms with Crippen molar-refractivity contribution in [2.24, 2.45) is 0 Å². The molecule has 0 amide bonds. The van der Waals surface area contributed by atoms with E-state index in [1.165, 1.54) is 31.4 Å². The summed E-state index contributed by atoms with van der Waals surface area (Å²) in [5, 5.41) is 3.31. The van der Waals surface area contributed by atoms with Crippen LogP contribution >= 0.6 is 0 Å². The molecule has 1 aromatic rings. The van der Waals surface area contributed by atoms with Crippen LogP contribution in [0.25, 0.3) is 0 Å². The molecule has 0 aromatic carbocycles. The minimum atomic E-state index is 0.566. The van der Waals surface area contributed by atoms with Crippen LogP contribution < -0.4 is 5.32 Å². The number of hydrogen-bond acceptors (Lipinski definition) is 3. The first-order valence-corrected chi connectivity index (χ1v) is 6.71. The predicted octanol–water partition coefficient (Wildman–Crippen LogP) is 3.06. The lowest BCUT2D eigenvalue weighted by atomic mass is 9.97. The van der Waals surface area contributed by atoms with Crippen LogP contribution in [0.1, 0.15) is 44.2 Å². The Bertz CT molecular complexity index is 334. The maximum atomic E-state index is 4.49. The van der Waals surface area contributed by atoms with Gasteiger partial charge in [0.05, 0.1) is 0 Å². The van der Waals surface area contributed by atoms with Crippen LogP contribution in [0.4, 0.5) is 5.82 Å². The Morgan fingerprint density at radius 1 is 1.41 bits per heavy atom. The Morgan fingerprint density at radius 3 is 2.94 bits per heavy atom. The zero-order valence-corrected chi connectivity index (χ0v) is 10.9. The Morgan fingerprint density at radius 2 is 2.29 bits per heavy atom. The molecule has 2 heterocycles. The predicted molar refractivity (Wildman–Crippen MR) is 72.2 cm³/mol. The highest BCUT2D eigenvalue weighted by Crippen LogP contribution is 2.29. The Hall–Kier alpha value is -1.09. The number of rotatable bonds is 4. The van der Waals surface area contributed by atoms with E-state index in [0.717, 1.165) is 18.8 Å². The first-order valence-electron chi connectivity index (χ1n) is 6.71. The molecule has 1 aromatic heterocycles. The minimum absolute atomic E-state index is 0.566. The normalized spacial score (nSPS) is 21.4. The summed E-state index contributed by atoms with van der Waals surface area (Å²) in [7, 11) is 2.22. The number of anilines is 1. The lowest BCUT2D eigenvalue weighted by Crippen LogP contribution is -2.29. The third-order valence-corrected chi connectivity index (χ3v) is 3.50. The third kappa shape index (κ3) is 3.19. The standard InChI is InChI=1S/C14H23N3/c1-3-9-15-14-8-7-12(11-16-14)13-6-4-5-10-17(13)2/h7-8,11,13H,3-6,9-10H2,1-2H3,(H,15,16)/t13-/m1/s1. The molecule has 1 atom stereocenters. The van der Waals surface area contributed by atoms with E-state index in [4.69, 9.17) is 0 Å². The van der Waals surface area contributed by atoms with Gasteiger partial charge in [-0.3, -0.25) is 4.90 Å². The van der Waals surface area contributed by atoms with E-state index >= 15 is 0 Å². The Labute approximate surface area is 104 Å². The van der Waals surface area contributed by atoms with Crippen LogP contribution in [0.2, 0.25) is 0 Å². The molecule has 0 saturated carbocycles. The molecule has 17 heavy (non-hydrogen) atoms. The number of nitrogens with zero attached hydrogens (tertiary/aromatic N) is 2. The molecule has 1 aliphatic heterocycles. The van der Waals surface area contributed by atoms with Crippen molar-refractivity contribution in [2.45, 2.75) is 38.6 Å². The van der Waals surface area contributed by atoms with Crippen molar-refractivity contribution in [1.29, 1.82) is 0 Å². The van der Waals surface area contributed by atoms with Gasteiger partial charge in [0.1, 0.15) is 5.82 Å². The van der Waals surface area contributed by atoms with Crippen LogP contribution in [-0.2, 0) is 0 Å². The molecule has 0 aliphatic carbocycles. The summed E-state index contributed by atoms with van der Waals surface area (Å²) in [5.74, 6) is 0.995.